The van der Waals surface area contributed by atoms with Crippen molar-refractivity contribution in [1.82, 2.24) is 15.5 Å². The summed E-state index contributed by atoms with van der Waals surface area (Å²) in [7, 11) is 0. The molecule has 0 aromatic heterocycles. The molecular formula is C19H41IN4O. The Labute approximate surface area is 172 Å². The molecule has 0 radical (unpaired) electrons. The largest absolute Gasteiger partial charge is 0.396 e. The number of rotatable bonds is 11. The summed E-state index contributed by atoms with van der Waals surface area (Å²) >= 11 is 0. The van der Waals surface area contributed by atoms with Gasteiger partial charge in [0.2, 0.25) is 0 Å². The van der Waals surface area contributed by atoms with Crippen molar-refractivity contribution in [2.75, 3.05) is 39.3 Å². The molecule has 150 valence electrons. The molecule has 0 bridgehead atoms. The molecule has 1 fully saturated rings. The van der Waals surface area contributed by atoms with Gasteiger partial charge in [-0.2, -0.15) is 0 Å². The number of aliphatic hydroxyl groups is 1. The van der Waals surface area contributed by atoms with E-state index in [1.165, 1.54) is 32.4 Å². The summed E-state index contributed by atoms with van der Waals surface area (Å²) in [4.78, 5) is 7.34. The van der Waals surface area contributed by atoms with Crippen molar-refractivity contribution in [3.8, 4) is 0 Å². The minimum atomic E-state index is 0. The third kappa shape index (κ3) is 11.3. The van der Waals surface area contributed by atoms with Gasteiger partial charge in [-0.25, -0.2) is 0 Å². The molecular weight excluding hydrogens is 427 g/mol. The van der Waals surface area contributed by atoms with E-state index in [9.17, 15) is 0 Å². The monoisotopic (exact) mass is 468 g/mol. The molecule has 0 aromatic rings. The van der Waals surface area contributed by atoms with E-state index >= 15 is 0 Å². The van der Waals surface area contributed by atoms with E-state index in [-0.39, 0.29) is 30.6 Å². The second-order valence-corrected chi connectivity index (χ2v) is 7.05. The first-order chi connectivity index (χ1) is 11.7. The number of hydrogen-bond donors (Lipinski definition) is 3. The Hall–Kier alpha value is -0.0800. The summed E-state index contributed by atoms with van der Waals surface area (Å²) in [6.45, 7) is 12.0. The van der Waals surface area contributed by atoms with Crippen LogP contribution in [0, 0.1) is 5.92 Å². The highest BCUT2D eigenvalue weighted by molar-refractivity contribution is 14.0. The Balaban J connectivity index is 0.00000576. The van der Waals surface area contributed by atoms with Crippen LogP contribution in [-0.2, 0) is 0 Å². The molecule has 2 atom stereocenters. The van der Waals surface area contributed by atoms with Gasteiger partial charge in [0, 0.05) is 38.8 Å². The number of likely N-dealkylation sites (tertiary alicyclic amines) is 1. The Morgan fingerprint density at radius 1 is 1.24 bits per heavy atom. The average molecular weight is 468 g/mol. The Bertz CT molecular complexity index is 335. The lowest BCUT2D eigenvalue weighted by Gasteiger charge is -2.33. The maximum Gasteiger partial charge on any atom is 0.191 e. The van der Waals surface area contributed by atoms with E-state index in [4.69, 9.17) is 10.1 Å². The van der Waals surface area contributed by atoms with Crippen LogP contribution in [-0.4, -0.2) is 61.3 Å². The lowest BCUT2D eigenvalue weighted by atomic mass is 10.0. The van der Waals surface area contributed by atoms with Gasteiger partial charge < -0.3 is 20.6 Å². The van der Waals surface area contributed by atoms with Crippen LogP contribution >= 0.6 is 24.0 Å². The van der Waals surface area contributed by atoms with Gasteiger partial charge in [-0.05, 0) is 58.4 Å². The SMILES string of the molecule is CCCC(CCO)CN=C(NCC)NCCCN1CCCCC1C.I. The molecule has 0 aromatic carbocycles. The quantitative estimate of drug-likeness (QED) is 0.189. The standard InChI is InChI=1S/C19H40N4O.HI/c1-4-9-18(11-15-24)16-22-19(20-5-2)21-12-8-14-23-13-7-6-10-17(23)3;/h17-18,24H,4-16H2,1-3H3,(H2,20,21,22);1H. The first-order valence-corrected chi connectivity index (χ1v) is 10.1. The zero-order valence-corrected chi connectivity index (χ0v) is 18.9. The number of hydrogen-bond acceptors (Lipinski definition) is 3. The predicted molar refractivity (Wildman–Crippen MR) is 119 cm³/mol. The molecule has 0 aliphatic carbocycles. The molecule has 1 aliphatic rings. The van der Waals surface area contributed by atoms with Crippen LogP contribution in [0.25, 0.3) is 0 Å². The van der Waals surface area contributed by atoms with Crippen molar-refractivity contribution in [3.63, 3.8) is 0 Å². The summed E-state index contributed by atoms with van der Waals surface area (Å²) in [6.07, 6.45) is 8.38. The number of halogens is 1. The number of aliphatic imine (C=N–C) groups is 1. The Morgan fingerprint density at radius 2 is 2.04 bits per heavy atom. The van der Waals surface area contributed by atoms with Crippen LogP contribution in [0.5, 0.6) is 0 Å². The number of guanidine groups is 1. The fourth-order valence-corrected chi connectivity index (χ4v) is 3.46. The third-order valence-corrected chi connectivity index (χ3v) is 4.94. The number of piperidine rings is 1. The van der Waals surface area contributed by atoms with Crippen molar-refractivity contribution >= 4 is 29.9 Å². The molecule has 0 amide bonds. The molecule has 1 aliphatic heterocycles. The van der Waals surface area contributed by atoms with E-state index in [0.717, 1.165) is 57.3 Å². The van der Waals surface area contributed by atoms with Crippen molar-refractivity contribution in [3.05, 3.63) is 0 Å². The Morgan fingerprint density at radius 3 is 2.68 bits per heavy atom. The summed E-state index contributed by atoms with van der Waals surface area (Å²) in [5.41, 5.74) is 0. The molecule has 1 saturated heterocycles. The first kappa shape index (κ1) is 24.9. The van der Waals surface area contributed by atoms with Crippen LogP contribution in [0.15, 0.2) is 4.99 Å². The van der Waals surface area contributed by atoms with Gasteiger partial charge in [-0.1, -0.05) is 19.8 Å². The van der Waals surface area contributed by atoms with Crippen molar-refractivity contribution in [1.29, 1.82) is 0 Å². The first-order valence-electron chi connectivity index (χ1n) is 10.1. The summed E-state index contributed by atoms with van der Waals surface area (Å²) in [5, 5.41) is 16.0. The zero-order chi connectivity index (χ0) is 17.6. The number of nitrogens with zero attached hydrogens (tertiary/aromatic N) is 2. The number of aliphatic hydroxyl groups excluding tert-OH is 1. The molecule has 3 N–H and O–H groups in total. The highest BCUT2D eigenvalue weighted by atomic mass is 127. The zero-order valence-electron chi connectivity index (χ0n) is 16.6. The number of nitrogens with one attached hydrogen (secondary N) is 2. The minimum absolute atomic E-state index is 0. The molecule has 5 nitrogen and oxygen atoms in total. The van der Waals surface area contributed by atoms with Gasteiger partial charge in [0.05, 0.1) is 0 Å². The Kier molecular flexibility index (Phi) is 16.1. The van der Waals surface area contributed by atoms with Crippen molar-refractivity contribution < 1.29 is 5.11 Å². The van der Waals surface area contributed by atoms with Gasteiger partial charge in [-0.3, -0.25) is 4.99 Å². The second kappa shape index (κ2) is 16.1. The van der Waals surface area contributed by atoms with E-state index in [1.54, 1.807) is 0 Å². The van der Waals surface area contributed by atoms with Crippen molar-refractivity contribution in [2.45, 2.75) is 71.8 Å². The van der Waals surface area contributed by atoms with E-state index in [1.807, 2.05) is 0 Å². The van der Waals surface area contributed by atoms with Crippen LogP contribution in [0.3, 0.4) is 0 Å². The molecule has 0 spiro atoms. The normalized spacial score (nSPS) is 20.0. The summed E-state index contributed by atoms with van der Waals surface area (Å²) in [6, 6.07) is 0.744. The lowest BCUT2D eigenvalue weighted by Crippen LogP contribution is -2.41. The minimum Gasteiger partial charge on any atom is -0.396 e. The molecule has 1 heterocycles. The van der Waals surface area contributed by atoms with Gasteiger partial charge in [0.25, 0.3) is 0 Å². The lowest BCUT2D eigenvalue weighted by molar-refractivity contribution is 0.159. The fraction of sp³-hybridized carbons (Fsp3) is 0.947. The van der Waals surface area contributed by atoms with Crippen LogP contribution < -0.4 is 10.6 Å². The molecule has 2 unspecified atom stereocenters. The van der Waals surface area contributed by atoms with Gasteiger partial charge in [0.1, 0.15) is 0 Å². The maximum atomic E-state index is 9.17. The highest BCUT2D eigenvalue weighted by Crippen LogP contribution is 2.16. The van der Waals surface area contributed by atoms with E-state index < -0.39 is 0 Å². The predicted octanol–water partition coefficient (Wildman–Crippen LogP) is 3.22. The van der Waals surface area contributed by atoms with Crippen LogP contribution in [0.1, 0.15) is 65.7 Å². The van der Waals surface area contributed by atoms with E-state index in [2.05, 4.69) is 36.3 Å². The van der Waals surface area contributed by atoms with Crippen molar-refractivity contribution in [2.24, 2.45) is 10.9 Å². The average Bonchev–Trinajstić information content (AvgIpc) is 2.58. The highest BCUT2D eigenvalue weighted by Gasteiger charge is 2.17. The van der Waals surface area contributed by atoms with Crippen LogP contribution in [0.4, 0.5) is 0 Å². The van der Waals surface area contributed by atoms with Gasteiger partial charge in [-0.15, -0.1) is 24.0 Å². The summed E-state index contributed by atoms with van der Waals surface area (Å²) in [5.74, 6) is 1.41. The van der Waals surface area contributed by atoms with Gasteiger partial charge in [0.15, 0.2) is 5.96 Å². The topological polar surface area (TPSA) is 59.9 Å². The second-order valence-electron chi connectivity index (χ2n) is 7.05. The molecule has 25 heavy (non-hydrogen) atoms. The fourth-order valence-electron chi connectivity index (χ4n) is 3.46. The van der Waals surface area contributed by atoms with E-state index in [0.29, 0.717) is 5.92 Å². The molecule has 6 heteroatoms. The van der Waals surface area contributed by atoms with Gasteiger partial charge >= 0.3 is 0 Å². The molecule has 0 saturated carbocycles. The third-order valence-electron chi connectivity index (χ3n) is 4.94. The maximum absolute atomic E-state index is 9.17. The molecule has 1 rings (SSSR count). The van der Waals surface area contributed by atoms with Crippen LogP contribution in [0.2, 0.25) is 0 Å². The summed E-state index contributed by atoms with van der Waals surface area (Å²) < 4.78 is 0. The smallest absolute Gasteiger partial charge is 0.191 e.